The molecule has 2 aromatic carbocycles. The van der Waals surface area contributed by atoms with Gasteiger partial charge in [-0.1, -0.05) is 6.07 Å². The molecule has 0 aromatic heterocycles. The van der Waals surface area contributed by atoms with Crippen LogP contribution in [0, 0.1) is 11.6 Å². The Balaban J connectivity index is 2.10. The van der Waals surface area contributed by atoms with E-state index in [2.05, 4.69) is 5.32 Å². The van der Waals surface area contributed by atoms with E-state index in [1.807, 2.05) is 0 Å². The highest BCUT2D eigenvalue weighted by molar-refractivity contribution is 6.05. The van der Waals surface area contributed by atoms with Crippen LogP contribution in [0.25, 0.3) is 0 Å². The number of carbonyl (C=O) groups excluding carboxylic acids is 1. The van der Waals surface area contributed by atoms with E-state index in [1.54, 1.807) is 19.1 Å². The molecule has 0 spiro atoms. The van der Waals surface area contributed by atoms with Gasteiger partial charge in [-0.25, -0.2) is 8.78 Å². The average molecular weight is 273 g/mol. The molecule has 0 saturated heterocycles. The molecule has 0 fully saturated rings. The summed E-state index contributed by atoms with van der Waals surface area (Å²) < 4.78 is 25.8. The molecule has 0 aliphatic rings. The number of nitrogens with one attached hydrogen (secondary N) is 1. The van der Waals surface area contributed by atoms with Crippen molar-refractivity contribution in [3.8, 4) is 0 Å². The number of halogens is 2. The van der Waals surface area contributed by atoms with Gasteiger partial charge < -0.3 is 5.32 Å². The maximum Gasteiger partial charge on any atom is 0.187 e. The summed E-state index contributed by atoms with van der Waals surface area (Å²) in [6.45, 7) is 1.70. The average Bonchev–Trinajstić information content (AvgIpc) is 2.39. The van der Waals surface area contributed by atoms with Gasteiger partial charge in [0.2, 0.25) is 0 Å². The molecule has 0 heterocycles. The summed E-state index contributed by atoms with van der Waals surface area (Å²) in [5.41, 5.74) is 1.53. The summed E-state index contributed by atoms with van der Waals surface area (Å²) in [7, 11) is 0. The topological polar surface area (TPSA) is 29.1 Å². The molecule has 0 amide bonds. The Morgan fingerprint density at radius 3 is 2.40 bits per heavy atom. The molecule has 102 valence electrons. The van der Waals surface area contributed by atoms with Gasteiger partial charge >= 0.3 is 0 Å². The quantitative estimate of drug-likeness (QED) is 0.669. The van der Waals surface area contributed by atoms with Crippen molar-refractivity contribution in [2.45, 2.75) is 6.92 Å². The van der Waals surface area contributed by atoms with Crippen molar-refractivity contribution in [2.75, 3.05) is 5.32 Å². The zero-order chi connectivity index (χ0) is 14.5. The van der Waals surface area contributed by atoms with Gasteiger partial charge in [-0.15, -0.1) is 0 Å². The lowest BCUT2D eigenvalue weighted by molar-refractivity contribution is 0.104. The van der Waals surface area contributed by atoms with Crippen LogP contribution in [-0.4, -0.2) is 5.78 Å². The number of ketones is 1. The van der Waals surface area contributed by atoms with Gasteiger partial charge in [-0.05, 0) is 49.4 Å². The SMILES string of the molecule is C/C(=C\C(=O)c1ccc(F)cc1)Nc1cccc(F)c1. The van der Waals surface area contributed by atoms with Crippen molar-refractivity contribution < 1.29 is 13.6 Å². The maximum atomic E-state index is 13.0. The Morgan fingerprint density at radius 2 is 1.75 bits per heavy atom. The Bertz CT molecular complexity index is 648. The third-order valence-corrected chi connectivity index (χ3v) is 2.64. The second-order valence-electron chi connectivity index (χ2n) is 4.33. The molecule has 2 aromatic rings. The largest absolute Gasteiger partial charge is 0.359 e. The van der Waals surface area contributed by atoms with Crippen LogP contribution in [0.1, 0.15) is 17.3 Å². The van der Waals surface area contributed by atoms with E-state index in [-0.39, 0.29) is 17.4 Å². The number of hydrogen-bond acceptors (Lipinski definition) is 2. The Morgan fingerprint density at radius 1 is 1.05 bits per heavy atom. The van der Waals surface area contributed by atoms with Crippen molar-refractivity contribution >= 4 is 11.5 Å². The monoisotopic (exact) mass is 273 g/mol. The molecule has 0 saturated carbocycles. The van der Waals surface area contributed by atoms with Crippen molar-refractivity contribution in [2.24, 2.45) is 0 Å². The summed E-state index contributed by atoms with van der Waals surface area (Å²) >= 11 is 0. The van der Waals surface area contributed by atoms with Crippen LogP contribution in [0.4, 0.5) is 14.5 Å². The van der Waals surface area contributed by atoms with Crippen LogP contribution in [0.2, 0.25) is 0 Å². The van der Waals surface area contributed by atoms with Gasteiger partial charge in [0.25, 0.3) is 0 Å². The Hall–Kier alpha value is -2.49. The minimum atomic E-state index is -0.389. The zero-order valence-electron chi connectivity index (χ0n) is 10.9. The first-order valence-corrected chi connectivity index (χ1v) is 6.05. The first-order chi connectivity index (χ1) is 9.54. The molecule has 0 radical (unpaired) electrons. The van der Waals surface area contributed by atoms with E-state index in [4.69, 9.17) is 0 Å². The van der Waals surface area contributed by atoms with Crippen LogP contribution in [-0.2, 0) is 0 Å². The highest BCUT2D eigenvalue weighted by atomic mass is 19.1. The van der Waals surface area contributed by atoms with Crippen LogP contribution in [0.5, 0.6) is 0 Å². The summed E-state index contributed by atoms with van der Waals surface area (Å²) in [5, 5.41) is 2.92. The number of rotatable bonds is 4. The molecular weight excluding hydrogens is 260 g/mol. The summed E-state index contributed by atoms with van der Waals surface area (Å²) in [5.74, 6) is -0.987. The highest BCUT2D eigenvalue weighted by Gasteiger charge is 2.04. The van der Waals surface area contributed by atoms with Crippen LogP contribution < -0.4 is 5.32 Å². The number of hydrogen-bond donors (Lipinski definition) is 1. The molecule has 0 aliphatic carbocycles. The second kappa shape index (κ2) is 6.10. The lowest BCUT2D eigenvalue weighted by Crippen LogP contribution is -2.01. The molecule has 20 heavy (non-hydrogen) atoms. The molecule has 1 N–H and O–H groups in total. The number of anilines is 1. The van der Waals surface area contributed by atoms with E-state index in [1.165, 1.54) is 42.5 Å². The number of carbonyl (C=O) groups is 1. The van der Waals surface area contributed by atoms with E-state index in [9.17, 15) is 13.6 Å². The summed E-state index contributed by atoms with van der Waals surface area (Å²) in [6.07, 6.45) is 1.39. The van der Waals surface area contributed by atoms with Crippen molar-refractivity contribution in [1.29, 1.82) is 0 Å². The minimum Gasteiger partial charge on any atom is -0.359 e. The normalized spacial score (nSPS) is 11.2. The Kier molecular flexibility index (Phi) is 4.25. The molecule has 2 nitrogen and oxygen atoms in total. The first kappa shape index (κ1) is 13.9. The van der Waals surface area contributed by atoms with Crippen LogP contribution in [0.15, 0.2) is 60.3 Å². The maximum absolute atomic E-state index is 13.0. The van der Waals surface area contributed by atoms with E-state index < -0.39 is 0 Å². The smallest absolute Gasteiger partial charge is 0.187 e. The van der Waals surface area contributed by atoms with Gasteiger partial charge in [0.05, 0.1) is 0 Å². The molecule has 0 unspecified atom stereocenters. The lowest BCUT2D eigenvalue weighted by atomic mass is 10.1. The fourth-order valence-electron chi connectivity index (χ4n) is 1.72. The Labute approximate surface area is 115 Å². The summed E-state index contributed by atoms with van der Waals surface area (Å²) in [4.78, 5) is 11.9. The van der Waals surface area contributed by atoms with Gasteiger partial charge in [-0.2, -0.15) is 0 Å². The van der Waals surface area contributed by atoms with Crippen LogP contribution >= 0.6 is 0 Å². The molecule has 2 rings (SSSR count). The van der Waals surface area contributed by atoms with Gasteiger partial charge in [0.1, 0.15) is 11.6 Å². The van der Waals surface area contributed by atoms with Crippen molar-refractivity contribution in [1.82, 2.24) is 0 Å². The zero-order valence-corrected chi connectivity index (χ0v) is 10.9. The fraction of sp³-hybridized carbons (Fsp3) is 0.0625. The van der Waals surface area contributed by atoms with Gasteiger partial charge in [-0.3, -0.25) is 4.79 Å². The first-order valence-electron chi connectivity index (χ1n) is 6.05. The molecule has 0 atom stereocenters. The van der Waals surface area contributed by atoms with Crippen molar-refractivity contribution in [3.05, 3.63) is 77.5 Å². The van der Waals surface area contributed by atoms with E-state index >= 15 is 0 Å². The number of allylic oxidation sites excluding steroid dienone is 2. The minimum absolute atomic E-state index is 0.244. The number of benzene rings is 2. The predicted octanol–water partition coefficient (Wildman–Crippen LogP) is 4.16. The lowest BCUT2D eigenvalue weighted by Gasteiger charge is -2.06. The van der Waals surface area contributed by atoms with Gasteiger partial charge in [0, 0.05) is 23.0 Å². The molecular formula is C16H13F2NO. The summed E-state index contributed by atoms with van der Waals surface area (Å²) in [6, 6.07) is 11.3. The van der Waals surface area contributed by atoms with Crippen LogP contribution in [0.3, 0.4) is 0 Å². The van der Waals surface area contributed by atoms with E-state index in [0.29, 0.717) is 16.9 Å². The van der Waals surface area contributed by atoms with Gasteiger partial charge in [0.15, 0.2) is 5.78 Å². The standard InChI is InChI=1S/C16H13F2NO/c1-11(19-15-4-2-3-14(18)10-15)9-16(20)12-5-7-13(17)8-6-12/h2-10,19H,1H3/b11-9+. The highest BCUT2D eigenvalue weighted by Crippen LogP contribution is 2.12. The predicted molar refractivity (Wildman–Crippen MR) is 74.5 cm³/mol. The fourth-order valence-corrected chi connectivity index (χ4v) is 1.72. The molecule has 4 heteroatoms. The second-order valence-corrected chi connectivity index (χ2v) is 4.33. The van der Waals surface area contributed by atoms with E-state index in [0.717, 1.165) is 0 Å². The third-order valence-electron chi connectivity index (χ3n) is 2.64. The molecule has 0 bridgehead atoms. The van der Waals surface area contributed by atoms with Crippen molar-refractivity contribution in [3.63, 3.8) is 0 Å². The third kappa shape index (κ3) is 3.75. The molecule has 0 aliphatic heterocycles.